The van der Waals surface area contributed by atoms with Crippen molar-refractivity contribution in [2.45, 2.75) is 19.4 Å². The van der Waals surface area contributed by atoms with Crippen molar-refractivity contribution < 1.29 is 10.0 Å². The van der Waals surface area contributed by atoms with E-state index in [4.69, 9.17) is 0 Å². The number of rotatable bonds is 5. The molecule has 2 heterocycles. The first-order valence-electron chi connectivity index (χ1n) is 7.83. The van der Waals surface area contributed by atoms with Crippen molar-refractivity contribution >= 4 is 17.0 Å². The molecule has 1 unspecified atom stereocenters. The molecule has 0 radical (unpaired) electrons. The Hall–Kier alpha value is -1.76. The molecule has 0 saturated carbocycles. The molecule has 122 valence electrons. The number of nitro benzene ring substituents is 1. The summed E-state index contributed by atoms with van der Waals surface area (Å²) in [5, 5.41) is 20.5. The molecule has 1 saturated heterocycles. The highest BCUT2D eigenvalue weighted by atomic mass is 32.1. The van der Waals surface area contributed by atoms with Gasteiger partial charge >= 0.3 is 0 Å². The first-order valence-corrected chi connectivity index (χ1v) is 8.64. The number of para-hydroxylation sites is 1. The average molecular weight is 332 g/mol. The van der Waals surface area contributed by atoms with Crippen LogP contribution in [0.1, 0.15) is 17.7 Å². The van der Waals surface area contributed by atoms with E-state index in [1.54, 1.807) is 29.5 Å². The predicted octanol–water partition coefficient (Wildman–Crippen LogP) is 3.53. The summed E-state index contributed by atoms with van der Waals surface area (Å²) < 4.78 is 0. The van der Waals surface area contributed by atoms with Crippen LogP contribution in [0.15, 0.2) is 36.4 Å². The smallest absolute Gasteiger partial charge is 0.278 e. The molecule has 1 fully saturated rings. The van der Waals surface area contributed by atoms with Crippen molar-refractivity contribution in [1.29, 1.82) is 0 Å². The third kappa shape index (κ3) is 3.77. The summed E-state index contributed by atoms with van der Waals surface area (Å²) >= 11 is 1.61. The number of nitro groups is 1. The number of aliphatic hydroxyl groups excluding tert-OH is 1. The second kappa shape index (κ2) is 7.21. The van der Waals surface area contributed by atoms with E-state index in [1.165, 1.54) is 4.88 Å². The molecule has 0 bridgehead atoms. The largest absolute Gasteiger partial charge is 0.396 e. The lowest BCUT2D eigenvalue weighted by Crippen LogP contribution is -2.36. The number of aliphatic hydroxyl groups is 1. The second-order valence-electron chi connectivity index (χ2n) is 5.97. The summed E-state index contributed by atoms with van der Waals surface area (Å²) in [6, 6.07) is 10.9. The van der Waals surface area contributed by atoms with Gasteiger partial charge in [0.2, 0.25) is 0 Å². The molecular weight excluding hydrogens is 312 g/mol. The van der Waals surface area contributed by atoms with Crippen LogP contribution in [-0.2, 0) is 6.54 Å². The van der Waals surface area contributed by atoms with Crippen molar-refractivity contribution in [3.63, 3.8) is 0 Å². The van der Waals surface area contributed by atoms with Gasteiger partial charge in [-0.2, -0.15) is 0 Å². The molecule has 0 aliphatic carbocycles. The molecule has 1 aliphatic heterocycles. The molecule has 2 aromatic rings. The first-order chi connectivity index (χ1) is 11.2. The Morgan fingerprint density at radius 3 is 2.91 bits per heavy atom. The molecule has 1 N–H and O–H groups in total. The number of nitrogens with zero attached hydrogens (tertiary/aromatic N) is 2. The van der Waals surface area contributed by atoms with Gasteiger partial charge < -0.3 is 5.11 Å². The van der Waals surface area contributed by atoms with Gasteiger partial charge in [-0.3, -0.25) is 15.0 Å². The van der Waals surface area contributed by atoms with Crippen LogP contribution < -0.4 is 0 Å². The summed E-state index contributed by atoms with van der Waals surface area (Å²) in [7, 11) is 0. The number of likely N-dealkylation sites (tertiary alicyclic amines) is 1. The van der Waals surface area contributed by atoms with E-state index in [-0.39, 0.29) is 17.2 Å². The lowest BCUT2D eigenvalue weighted by atomic mass is 9.99. The molecule has 23 heavy (non-hydrogen) atoms. The highest BCUT2D eigenvalue weighted by molar-refractivity contribution is 7.15. The fourth-order valence-electron chi connectivity index (χ4n) is 3.11. The van der Waals surface area contributed by atoms with E-state index in [1.807, 2.05) is 12.1 Å². The molecule has 1 aromatic carbocycles. The van der Waals surface area contributed by atoms with Gasteiger partial charge in [-0.1, -0.05) is 12.1 Å². The third-order valence-electron chi connectivity index (χ3n) is 4.27. The molecule has 1 aliphatic rings. The third-order valence-corrected chi connectivity index (χ3v) is 5.37. The number of thiophene rings is 1. The standard InChI is InChI=1S/C17H20N2O3S/c20-12-13-4-3-9-18(10-13)11-14-7-8-17(23-14)15-5-1-2-6-16(15)19(21)22/h1-2,5-8,13,20H,3-4,9-12H2. The maximum absolute atomic E-state index is 11.2. The SMILES string of the molecule is O=[N+]([O-])c1ccccc1-c1ccc(CN2CCCC(CO)C2)s1. The van der Waals surface area contributed by atoms with Crippen molar-refractivity contribution in [3.8, 4) is 10.4 Å². The van der Waals surface area contributed by atoms with Crippen LogP contribution in [0.2, 0.25) is 0 Å². The summed E-state index contributed by atoms with van der Waals surface area (Å²) in [6.07, 6.45) is 2.21. The number of hydrogen-bond donors (Lipinski definition) is 1. The predicted molar refractivity (Wildman–Crippen MR) is 91.5 cm³/mol. The van der Waals surface area contributed by atoms with E-state index in [0.29, 0.717) is 11.5 Å². The van der Waals surface area contributed by atoms with Crippen LogP contribution in [0.3, 0.4) is 0 Å². The highest BCUT2D eigenvalue weighted by Crippen LogP contribution is 2.35. The lowest BCUT2D eigenvalue weighted by molar-refractivity contribution is -0.384. The van der Waals surface area contributed by atoms with Gasteiger partial charge in [-0.25, -0.2) is 0 Å². The lowest BCUT2D eigenvalue weighted by Gasteiger charge is -2.31. The minimum Gasteiger partial charge on any atom is -0.396 e. The molecular formula is C17H20N2O3S. The summed E-state index contributed by atoms with van der Waals surface area (Å²) in [4.78, 5) is 15.3. The van der Waals surface area contributed by atoms with Gasteiger partial charge in [0.15, 0.2) is 0 Å². The summed E-state index contributed by atoms with van der Waals surface area (Å²) in [5.41, 5.74) is 0.833. The topological polar surface area (TPSA) is 66.6 Å². The van der Waals surface area contributed by atoms with E-state index < -0.39 is 0 Å². The van der Waals surface area contributed by atoms with Crippen LogP contribution in [0.25, 0.3) is 10.4 Å². The maximum atomic E-state index is 11.2. The normalized spacial score (nSPS) is 18.9. The zero-order valence-corrected chi connectivity index (χ0v) is 13.7. The van der Waals surface area contributed by atoms with E-state index in [9.17, 15) is 15.2 Å². The summed E-state index contributed by atoms with van der Waals surface area (Å²) in [5.74, 6) is 0.374. The Morgan fingerprint density at radius 2 is 2.13 bits per heavy atom. The zero-order chi connectivity index (χ0) is 16.2. The van der Waals surface area contributed by atoms with Crippen LogP contribution >= 0.6 is 11.3 Å². The number of piperidine rings is 1. The van der Waals surface area contributed by atoms with Gasteiger partial charge in [0.1, 0.15) is 0 Å². The molecule has 5 nitrogen and oxygen atoms in total. The molecule has 0 spiro atoms. The fourth-order valence-corrected chi connectivity index (χ4v) is 4.20. The van der Waals surface area contributed by atoms with Crippen LogP contribution in [0.5, 0.6) is 0 Å². The Morgan fingerprint density at radius 1 is 1.30 bits per heavy atom. The first kappa shape index (κ1) is 16.1. The van der Waals surface area contributed by atoms with E-state index in [0.717, 1.165) is 37.4 Å². The number of benzene rings is 1. The quantitative estimate of drug-likeness (QED) is 0.672. The van der Waals surface area contributed by atoms with Crippen molar-refractivity contribution in [2.24, 2.45) is 5.92 Å². The average Bonchev–Trinajstić information content (AvgIpc) is 3.03. The van der Waals surface area contributed by atoms with Crippen LogP contribution in [0, 0.1) is 16.0 Å². The summed E-state index contributed by atoms with van der Waals surface area (Å²) in [6.45, 7) is 3.08. The molecule has 0 amide bonds. The van der Waals surface area contributed by atoms with E-state index >= 15 is 0 Å². The van der Waals surface area contributed by atoms with Gasteiger partial charge in [0.05, 0.1) is 10.5 Å². The van der Waals surface area contributed by atoms with Crippen molar-refractivity contribution in [1.82, 2.24) is 4.90 Å². The fraction of sp³-hybridized carbons (Fsp3) is 0.412. The Labute approximate surface area is 139 Å². The van der Waals surface area contributed by atoms with Gasteiger partial charge in [-0.15, -0.1) is 11.3 Å². The van der Waals surface area contributed by atoms with Gasteiger partial charge in [0, 0.05) is 35.5 Å². The van der Waals surface area contributed by atoms with Gasteiger partial charge in [-0.05, 0) is 43.5 Å². The van der Waals surface area contributed by atoms with Crippen molar-refractivity contribution in [3.05, 3.63) is 51.4 Å². The van der Waals surface area contributed by atoms with Crippen molar-refractivity contribution in [2.75, 3.05) is 19.7 Å². The second-order valence-corrected chi connectivity index (χ2v) is 7.13. The Kier molecular flexibility index (Phi) is 5.05. The highest BCUT2D eigenvalue weighted by Gasteiger charge is 2.20. The maximum Gasteiger partial charge on any atom is 0.278 e. The molecule has 1 atom stereocenters. The monoisotopic (exact) mass is 332 g/mol. The molecule has 1 aromatic heterocycles. The number of hydrogen-bond acceptors (Lipinski definition) is 5. The van der Waals surface area contributed by atoms with E-state index in [2.05, 4.69) is 11.0 Å². The van der Waals surface area contributed by atoms with Crippen LogP contribution in [0.4, 0.5) is 5.69 Å². The minimum absolute atomic E-state index is 0.152. The Balaban J connectivity index is 1.75. The van der Waals surface area contributed by atoms with Gasteiger partial charge in [0.25, 0.3) is 5.69 Å². The molecule has 3 rings (SSSR count). The van der Waals surface area contributed by atoms with Crippen LogP contribution in [-0.4, -0.2) is 34.6 Å². The Bertz CT molecular complexity index is 686. The molecule has 6 heteroatoms. The zero-order valence-electron chi connectivity index (χ0n) is 12.9. The minimum atomic E-state index is -0.328.